The lowest BCUT2D eigenvalue weighted by molar-refractivity contribution is 0.333. The molecule has 8 heteroatoms. The molecule has 0 radical (unpaired) electrons. The van der Waals surface area contributed by atoms with Crippen molar-refractivity contribution in [1.29, 1.82) is 5.26 Å². The van der Waals surface area contributed by atoms with Crippen LogP contribution in [0.3, 0.4) is 0 Å². The summed E-state index contributed by atoms with van der Waals surface area (Å²) in [7, 11) is 0. The number of aryl methyl sites for hydroxylation is 1. The van der Waals surface area contributed by atoms with Crippen molar-refractivity contribution in [2.24, 2.45) is 0 Å². The predicted molar refractivity (Wildman–Crippen MR) is 109 cm³/mol. The fraction of sp³-hybridized carbons (Fsp3) is 0.286. The smallest absolute Gasteiger partial charge is 0.293 e. The highest BCUT2D eigenvalue weighted by Crippen LogP contribution is 2.25. The van der Waals surface area contributed by atoms with Gasteiger partial charge in [0.2, 0.25) is 0 Å². The maximum absolute atomic E-state index is 12.9. The van der Waals surface area contributed by atoms with E-state index in [0.29, 0.717) is 22.1 Å². The number of nitrogens with zero attached hydrogens (tertiary/aromatic N) is 6. The molecule has 0 aliphatic carbocycles. The van der Waals surface area contributed by atoms with E-state index >= 15 is 0 Å². The monoisotopic (exact) mass is 385 g/mol. The number of nitriles is 1. The first-order valence-electron chi connectivity index (χ1n) is 9.62. The molecular formula is C21H19N7O. The van der Waals surface area contributed by atoms with E-state index in [9.17, 15) is 10.1 Å². The van der Waals surface area contributed by atoms with Gasteiger partial charge in [-0.1, -0.05) is 0 Å². The van der Waals surface area contributed by atoms with Gasteiger partial charge in [-0.25, -0.2) is 14.6 Å². The van der Waals surface area contributed by atoms with E-state index in [1.165, 1.54) is 0 Å². The summed E-state index contributed by atoms with van der Waals surface area (Å²) in [6.07, 6.45) is 8.97. The Morgan fingerprint density at radius 1 is 1.17 bits per heavy atom. The highest BCUT2D eigenvalue weighted by molar-refractivity contribution is 5.82. The van der Waals surface area contributed by atoms with Gasteiger partial charge in [0, 0.05) is 35.1 Å². The molecule has 0 aromatic carbocycles. The van der Waals surface area contributed by atoms with Gasteiger partial charge < -0.3 is 9.72 Å². The molecule has 8 nitrogen and oxygen atoms in total. The minimum atomic E-state index is -0.153. The maximum atomic E-state index is 12.9. The zero-order valence-electron chi connectivity index (χ0n) is 16.0. The molecule has 1 aliphatic heterocycles. The van der Waals surface area contributed by atoms with Gasteiger partial charge in [0.1, 0.15) is 11.6 Å². The van der Waals surface area contributed by atoms with Crippen molar-refractivity contribution in [2.45, 2.75) is 25.8 Å². The summed E-state index contributed by atoms with van der Waals surface area (Å²) in [6, 6.07) is 6.02. The number of nitrogens with one attached hydrogen (secondary N) is 1. The fourth-order valence-electron chi connectivity index (χ4n) is 3.97. The topological polar surface area (TPSA) is 101 Å². The number of hydrogen-bond acceptors (Lipinski definition) is 6. The number of aromatic nitrogens is 5. The highest BCUT2D eigenvalue weighted by atomic mass is 16.1. The third kappa shape index (κ3) is 2.96. The highest BCUT2D eigenvalue weighted by Gasteiger charge is 2.19. The minimum Gasteiger partial charge on any atom is -0.317 e. The van der Waals surface area contributed by atoms with E-state index in [0.717, 1.165) is 42.8 Å². The van der Waals surface area contributed by atoms with Crippen LogP contribution in [0.4, 0.5) is 0 Å². The summed E-state index contributed by atoms with van der Waals surface area (Å²) in [5.74, 6) is 0. The molecule has 1 saturated heterocycles. The van der Waals surface area contributed by atoms with Crippen molar-refractivity contribution < 1.29 is 0 Å². The Balaban J connectivity index is 1.61. The molecule has 0 unspecified atom stereocenters. The fourth-order valence-corrected chi connectivity index (χ4v) is 3.97. The Morgan fingerprint density at radius 3 is 2.79 bits per heavy atom. The molecule has 0 amide bonds. The van der Waals surface area contributed by atoms with Crippen molar-refractivity contribution in [2.75, 3.05) is 13.1 Å². The van der Waals surface area contributed by atoms with Crippen LogP contribution >= 0.6 is 0 Å². The average Bonchev–Trinajstić information content (AvgIpc) is 3.13. The van der Waals surface area contributed by atoms with Crippen molar-refractivity contribution >= 4 is 16.6 Å². The van der Waals surface area contributed by atoms with E-state index in [1.54, 1.807) is 23.1 Å². The Labute approximate surface area is 166 Å². The predicted octanol–water partition coefficient (Wildman–Crippen LogP) is 2.21. The summed E-state index contributed by atoms with van der Waals surface area (Å²) in [4.78, 5) is 21.8. The molecule has 0 atom stereocenters. The standard InChI is InChI=1S/C21H19N7O/c1-13-11-27-12-17(6-14(8-22)20(27)26-13)15-7-16-10-25-28(18-2-4-23-5-3-18)21(29)19(16)24-9-15/h6-7,9-12,18,23H,2-5H2,1H3. The van der Waals surface area contributed by atoms with Crippen LogP contribution in [-0.2, 0) is 0 Å². The number of imidazole rings is 1. The first-order chi connectivity index (χ1) is 14.1. The Hall–Kier alpha value is -3.57. The number of hydrogen-bond donors (Lipinski definition) is 1. The lowest BCUT2D eigenvalue weighted by Gasteiger charge is -2.23. The number of rotatable bonds is 2. The molecule has 0 bridgehead atoms. The van der Waals surface area contributed by atoms with Crippen LogP contribution in [0, 0.1) is 18.3 Å². The van der Waals surface area contributed by atoms with Crippen LogP contribution in [0.2, 0.25) is 0 Å². The number of fused-ring (bicyclic) bond motifs is 2. The second-order valence-electron chi connectivity index (χ2n) is 7.40. The summed E-state index contributed by atoms with van der Waals surface area (Å²) in [5, 5.41) is 17.9. The van der Waals surface area contributed by atoms with Crippen LogP contribution in [0.15, 0.2) is 41.7 Å². The molecule has 5 rings (SSSR count). The first-order valence-corrected chi connectivity index (χ1v) is 9.62. The Bertz CT molecular complexity index is 1340. The summed E-state index contributed by atoms with van der Waals surface area (Å²) in [6.45, 7) is 3.67. The van der Waals surface area contributed by atoms with E-state index < -0.39 is 0 Å². The van der Waals surface area contributed by atoms with Gasteiger partial charge in [-0.3, -0.25) is 4.79 Å². The Morgan fingerprint density at radius 2 is 2.00 bits per heavy atom. The second kappa shape index (κ2) is 6.79. The quantitative estimate of drug-likeness (QED) is 0.568. The van der Waals surface area contributed by atoms with Crippen molar-refractivity contribution in [3.8, 4) is 17.2 Å². The van der Waals surface area contributed by atoms with E-state index in [1.807, 2.05) is 29.8 Å². The van der Waals surface area contributed by atoms with Crippen molar-refractivity contribution in [1.82, 2.24) is 29.5 Å². The third-order valence-electron chi connectivity index (χ3n) is 5.43. The molecule has 0 spiro atoms. The van der Waals surface area contributed by atoms with Gasteiger partial charge in [-0.15, -0.1) is 0 Å². The third-order valence-corrected chi connectivity index (χ3v) is 5.43. The van der Waals surface area contributed by atoms with E-state index in [2.05, 4.69) is 26.5 Å². The van der Waals surface area contributed by atoms with Crippen LogP contribution in [0.5, 0.6) is 0 Å². The maximum Gasteiger partial charge on any atom is 0.293 e. The molecule has 4 aromatic heterocycles. The largest absolute Gasteiger partial charge is 0.317 e. The summed E-state index contributed by atoms with van der Waals surface area (Å²) >= 11 is 0. The molecule has 5 heterocycles. The zero-order valence-corrected chi connectivity index (χ0v) is 16.0. The van der Waals surface area contributed by atoms with E-state index in [4.69, 9.17) is 0 Å². The van der Waals surface area contributed by atoms with Crippen molar-refractivity contribution in [3.05, 3.63) is 58.5 Å². The minimum absolute atomic E-state index is 0.111. The lowest BCUT2D eigenvalue weighted by atomic mass is 10.1. The molecule has 4 aromatic rings. The van der Waals surface area contributed by atoms with Gasteiger partial charge in [0.15, 0.2) is 5.65 Å². The SMILES string of the molecule is Cc1cn2cc(-c3cnc4c(=O)n(C5CCNCC5)ncc4c3)cc(C#N)c2n1. The molecule has 144 valence electrons. The van der Waals surface area contributed by atoms with Gasteiger partial charge in [-0.05, 0) is 45.0 Å². The van der Waals surface area contributed by atoms with Crippen LogP contribution in [0.1, 0.15) is 30.1 Å². The summed E-state index contributed by atoms with van der Waals surface area (Å²) < 4.78 is 3.42. The molecule has 1 fully saturated rings. The lowest BCUT2D eigenvalue weighted by Crippen LogP contribution is -2.35. The molecular weight excluding hydrogens is 366 g/mol. The van der Waals surface area contributed by atoms with Gasteiger partial charge >= 0.3 is 0 Å². The molecule has 1 N–H and O–H groups in total. The normalized spacial score (nSPS) is 15.0. The van der Waals surface area contributed by atoms with E-state index in [-0.39, 0.29) is 11.6 Å². The van der Waals surface area contributed by atoms with Crippen LogP contribution < -0.4 is 10.9 Å². The molecule has 1 aliphatic rings. The van der Waals surface area contributed by atoms with Crippen LogP contribution in [-0.4, -0.2) is 37.2 Å². The zero-order chi connectivity index (χ0) is 20.0. The number of pyridine rings is 2. The average molecular weight is 385 g/mol. The molecule has 29 heavy (non-hydrogen) atoms. The van der Waals surface area contributed by atoms with Crippen LogP contribution in [0.25, 0.3) is 27.7 Å². The van der Waals surface area contributed by atoms with Gasteiger partial charge in [-0.2, -0.15) is 10.4 Å². The second-order valence-corrected chi connectivity index (χ2v) is 7.40. The Kier molecular flexibility index (Phi) is 4.11. The van der Waals surface area contributed by atoms with Gasteiger partial charge in [0.25, 0.3) is 5.56 Å². The van der Waals surface area contributed by atoms with Gasteiger partial charge in [0.05, 0.1) is 23.5 Å². The first kappa shape index (κ1) is 17.5. The number of piperidine rings is 1. The molecule has 0 saturated carbocycles. The summed E-state index contributed by atoms with van der Waals surface area (Å²) in [5.41, 5.74) is 3.90. The van der Waals surface area contributed by atoms with Crippen molar-refractivity contribution in [3.63, 3.8) is 0 Å².